The van der Waals surface area contributed by atoms with Gasteiger partial charge in [0.1, 0.15) is 5.82 Å². The van der Waals surface area contributed by atoms with E-state index in [-0.39, 0.29) is 5.82 Å². The zero-order valence-electron chi connectivity index (χ0n) is 11.6. The number of benzene rings is 1. The molecule has 1 aromatic heterocycles. The lowest BCUT2D eigenvalue weighted by Gasteiger charge is -2.26. The van der Waals surface area contributed by atoms with Gasteiger partial charge in [-0.2, -0.15) is 5.26 Å². The molecule has 0 unspecified atom stereocenters. The number of rotatable bonds is 5. The van der Waals surface area contributed by atoms with Gasteiger partial charge in [-0.1, -0.05) is 6.07 Å². The van der Waals surface area contributed by atoms with Crippen molar-refractivity contribution in [1.29, 1.82) is 5.26 Å². The maximum absolute atomic E-state index is 13.4. The van der Waals surface area contributed by atoms with E-state index in [1.165, 1.54) is 17.0 Å². The van der Waals surface area contributed by atoms with E-state index in [0.29, 0.717) is 18.2 Å². The molecule has 0 radical (unpaired) electrons. The summed E-state index contributed by atoms with van der Waals surface area (Å²) in [6.45, 7) is 5.62. The minimum atomic E-state index is -0.293. The first-order chi connectivity index (χ1) is 9.60. The summed E-state index contributed by atoms with van der Waals surface area (Å²) in [5.41, 5.74) is 1.29. The highest BCUT2D eigenvalue weighted by Gasteiger charge is 2.14. The number of hydrogen-bond acceptors (Lipinski definition) is 3. The highest BCUT2D eigenvalue weighted by molar-refractivity contribution is 7.09. The van der Waals surface area contributed by atoms with Crippen molar-refractivity contribution in [2.75, 3.05) is 0 Å². The zero-order chi connectivity index (χ0) is 14.5. The third-order valence-electron chi connectivity index (χ3n) is 3.23. The first kappa shape index (κ1) is 14.7. The summed E-state index contributed by atoms with van der Waals surface area (Å²) < 4.78 is 13.4. The van der Waals surface area contributed by atoms with Crippen molar-refractivity contribution < 1.29 is 4.39 Å². The van der Waals surface area contributed by atoms with Gasteiger partial charge in [-0.15, -0.1) is 11.3 Å². The van der Waals surface area contributed by atoms with Crippen LogP contribution in [0.15, 0.2) is 35.7 Å². The Labute approximate surface area is 123 Å². The topological polar surface area (TPSA) is 27.0 Å². The third-order valence-corrected chi connectivity index (χ3v) is 4.09. The van der Waals surface area contributed by atoms with Gasteiger partial charge in [0.15, 0.2) is 0 Å². The molecule has 0 fully saturated rings. The monoisotopic (exact) mass is 288 g/mol. The SMILES string of the molecule is CC(C)N(Cc1cccs1)Cc1cc(F)ccc1C#N. The van der Waals surface area contributed by atoms with Crippen LogP contribution in [0.4, 0.5) is 4.39 Å². The molecule has 0 aliphatic carbocycles. The Bertz CT molecular complexity index is 599. The molecule has 1 heterocycles. The van der Waals surface area contributed by atoms with Gasteiger partial charge in [-0.25, -0.2) is 4.39 Å². The lowest BCUT2D eigenvalue weighted by molar-refractivity contribution is 0.205. The van der Waals surface area contributed by atoms with E-state index in [0.717, 1.165) is 12.1 Å². The summed E-state index contributed by atoms with van der Waals surface area (Å²) in [5, 5.41) is 11.2. The minimum Gasteiger partial charge on any atom is -0.292 e. The van der Waals surface area contributed by atoms with Gasteiger partial charge in [0.25, 0.3) is 0 Å². The smallest absolute Gasteiger partial charge is 0.123 e. The van der Waals surface area contributed by atoms with Crippen LogP contribution < -0.4 is 0 Å². The predicted octanol–water partition coefficient (Wildman–Crippen LogP) is 4.17. The molecule has 0 saturated heterocycles. The van der Waals surface area contributed by atoms with Gasteiger partial charge in [0.2, 0.25) is 0 Å². The normalized spacial score (nSPS) is 11.0. The van der Waals surface area contributed by atoms with Crippen molar-refractivity contribution in [2.45, 2.75) is 33.0 Å². The van der Waals surface area contributed by atoms with Crippen LogP contribution in [-0.2, 0) is 13.1 Å². The zero-order valence-corrected chi connectivity index (χ0v) is 12.5. The predicted molar refractivity (Wildman–Crippen MR) is 79.8 cm³/mol. The van der Waals surface area contributed by atoms with Gasteiger partial charge in [-0.05, 0) is 49.1 Å². The molecule has 104 valence electrons. The van der Waals surface area contributed by atoms with Crippen molar-refractivity contribution >= 4 is 11.3 Å². The number of halogens is 1. The lowest BCUT2D eigenvalue weighted by Crippen LogP contribution is -2.29. The lowest BCUT2D eigenvalue weighted by atomic mass is 10.1. The van der Waals surface area contributed by atoms with Crippen LogP contribution in [0.5, 0.6) is 0 Å². The summed E-state index contributed by atoms with van der Waals surface area (Å²) >= 11 is 1.71. The molecule has 0 saturated carbocycles. The second-order valence-corrected chi connectivity index (χ2v) is 6.02. The number of nitrogens with zero attached hydrogens (tertiary/aromatic N) is 2. The van der Waals surface area contributed by atoms with Crippen molar-refractivity contribution in [3.8, 4) is 6.07 Å². The molecule has 20 heavy (non-hydrogen) atoms. The van der Waals surface area contributed by atoms with Crippen LogP contribution in [0.2, 0.25) is 0 Å². The van der Waals surface area contributed by atoms with Crippen molar-refractivity contribution in [3.63, 3.8) is 0 Å². The molecule has 0 amide bonds. The summed E-state index contributed by atoms with van der Waals surface area (Å²) in [5.74, 6) is -0.293. The highest BCUT2D eigenvalue weighted by atomic mass is 32.1. The molecule has 0 bridgehead atoms. The molecule has 0 aliphatic heterocycles. The van der Waals surface area contributed by atoms with E-state index in [9.17, 15) is 4.39 Å². The first-order valence-corrected chi connectivity index (χ1v) is 7.43. The van der Waals surface area contributed by atoms with Gasteiger partial charge >= 0.3 is 0 Å². The van der Waals surface area contributed by atoms with E-state index < -0.39 is 0 Å². The molecule has 0 aliphatic rings. The Kier molecular flexibility index (Phi) is 4.89. The van der Waals surface area contributed by atoms with E-state index in [1.54, 1.807) is 17.4 Å². The molecular formula is C16H17FN2S. The fourth-order valence-corrected chi connectivity index (χ4v) is 2.77. The summed E-state index contributed by atoms with van der Waals surface area (Å²) in [6, 6.07) is 10.9. The number of thiophene rings is 1. The Balaban J connectivity index is 2.20. The van der Waals surface area contributed by atoms with Crippen LogP contribution >= 0.6 is 11.3 Å². The van der Waals surface area contributed by atoms with Crippen LogP contribution in [-0.4, -0.2) is 10.9 Å². The largest absolute Gasteiger partial charge is 0.292 e. The Morgan fingerprint density at radius 2 is 2.10 bits per heavy atom. The molecule has 0 spiro atoms. The summed E-state index contributed by atoms with van der Waals surface area (Å²) in [7, 11) is 0. The van der Waals surface area contributed by atoms with Crippen molar-refractivity contribution in [2.24, 2.45) is 0 Å². The fraction of sp³-hybridized carbons (Fsp3) is 0.312. The minimum absolute atomic E-state index is 0.293. The molecule has 2 rings (SSSR count). The number of hydrogen-bond donors (Lipinski definition) is 0. The maximum Gasteiger partial charge on any atom is 0.123 e. The molecular weight excluding hydrogens is 271 g/mol. The second-order valence-electron chi connectivity index (χ2n) is 4.99. The number of nitriles is 1. The van der Waals surface area contributed by atoms with E-state index in [1.807, 2.05) is 6.07 Å². The van der Waals surface area contributed by atoms with E-state index in [2.05, 4.69) is 36.3 Å². The standard InChI is InChI=1S/C16H17FN2S/c1-12(2)19(11-16-4-3-7-20-16)10-14-8-15(17)6-5-13(14)9-18/h3-8,12H,10-11H2,1-2H3. The van der Waals surface area contributed by atoms with Crippen LogP contribution in [0.25, 0.3) is 0 Å². The van der Waals surface area contributed by atoms with E-state index >= 15 is 0 Å². The van der Waals surface area contributed by atoms with Gasteiger partial charge in [-0.3, -0.25) is 4.90 Å². The Hall–Kier alpha value is -1.70. The van der Waals surface area contributed by atoms with Crippen LogP contribution in [0, 0.1) is 17.1 Å². The average molecular weight is 288 g/mol. The quantitative estimate of drug-likeness (QED) is 0.825. The third kappa shape index (κ3) is 3.66. The van der Waals surface area contributed by atoms with Crippen molar-refractivity contribution in [3.05, 3.63) is 57.5 Å². The molecule has 4 heteroatoms. The van der Waals surface area contributed by atoms with Gasteiger partial charge < -0.3 is 0 Å². The summed E-state index contributed by atoms with van der Waals surface area (Å²) in [6.07, 6.45) is 0. The fourth-order valence-electron chi connectivity index (χ4n) is 2.04. The molecule has 2 aromatic rings. The molecule has 0 N–H and O–H groups in total. The maximum atomic E-state index is 13.4. The molecule has 1 aromatic carbocycles. The average Bonchev–Trinajstić information content (AvgIpc) is 2.91. The van der Waals surface area contributed by atoms with Crippen molar-refractivity contribution in [1.82, 2.24) is 4.90 Å². The first-order valence-electron chi connectivity index (χ1n) is 6.55. The van der Waals surface area contributed by atoms with Gasteiger partial charge in [0, 0.05) is 24.0 Å². The highest BCUT2D eigenvalue weighted by Crippen LogP contribution is 2.19. The Morgan fingerprint density at radius 1 is 1.30 bits per heavy atom. The molecule has 2 nitrogen and oxygen atoms in total. The summed E-state index contributed by atoms with van der Waals surface area (Å²) in [4.78, 5) is 3.51. The van der Waals surface area contributed by atoms with Crippen LogP contribution in [0.1, 0.15) is 29.9 Å². The van der Waals surface area contributed by atoms with E-state index in [4.69, 9.17) is 5.26 Å². The van der Waals surface area contributed by atoms with Gasteiger partial charge in [0.05, 0.1) is 11.6 Å². The van der Waals surface area contributed by atoms with Crippen LogP contribution in [0.3, 0.4) is 0 Å². The molecule has 0 atom stereocenters. The Morgan fingerprint density at radius 3 is 2.70 bits per heavy atom. The second kappa shape index (κ2) is 6.65.